The Balaban J connectivity index is 2.29. The van der Waals surface area contributed by atoms with Crippen LogP contribution in [-0.2, 0) is 4.74 Å². The number of carbonyl (C=O) groups excluding carboxylic acids is 1. The average Bonchev–Trinajstić information content (AvgIpc) is 2.46. The monoisotopic (exact) mass is 326 g/mol. The first-order chi connectivity index (χ1) is 10.7. The van der Waals surface area contributed by atoms with Gasteiger partial charge < -0.3 is 20.3 Å². The van der Waals surface area contributed by atoms with Gasteiger partial charge in [-0.25, -0.2) is 4.79 Å². The second-order valence-corrected chi connectivity index (χ2v) is 7.64. The van der Waals surface area contributed by atoms with E-state index < -0.39 is 5.60 Å². The maximum absolute atomic E-state index is 12.0. The zero-order valence-electron chi connectivity index (χ0n) is 15.6. The third kappa shape index (κ3) is 8.09. The molecule has 1 heterocycles. The standard InChI is InChI=1S/C17H34N4O2/c1-13(2)11-19-15(18-6)20-12-14-7-9-21(10-8-14)16(22)23-17(3,4)5/h13-14H,7-12H2,1-6H3,(H2,18,19,20). The van der Waals surface area contributed by atoms with Crippen LogP contribution < -0.4 is 10.6 Å². The van der Waals surface area contributed by atoms with Crippen molar-refractivity contribution in [2.75, 3.05) is 33.2 Å². The van der Waals surface area contributed by atoms with E-state index in [4.69, 9.17) is 4.74 Å². The molecular weight excluding hydrogens is 292 g/mol. The van der Waals surface area contributed by atoms with Crippen LogP contribution in [0.5, 0.6) is 0 Å². The molecule has 2 N–H and O–H groups in total. The lowest BCUT2D eigenvalue weighted by Gasteiger charge is -2.33. The number of rotatable bonds is 4. The number of nitrogens with zero attached hydrogens (tertiary/aromatic N) is 2. The second kappa shape index (κ2) is 8.99. The molecule has 0 aliphatic carbocycles. The van der Waals surface area contributed by atoms with Crippen molar-refractivity contribution in [1.82, 2.24) is 15.5 Å². The third-order valence-electron chi connectivity index (χ3n) is 3.73. The van der Waals surface area contributed by atoms with E-state index in [0.717, 1.165) is 45.0 Å². The van der Waals surface area contributed by atoms with E-state index in [1.807, 2.05) is 25.7 Å². The van der Waals surface area contributed by atoms with Gasteiger partial charge in [0.15, 0.2) is 5.96 Å². The van der Waals surface area contributed by atoms with E-state index in [9.17, 15) is 4.79 Å². The highest BCUT2D eigenvalue weighted by Gasteiger charge is 2.26. The van der Waals surface area contributed by atoms with Crippen molar-refractivity contribution in [3.63, 3.8) is 0 Å². The van der Waals surface area contributed by atoms with Crippen molar-refractivity contribution >= 4 is 12.1 Å². The van der Waals surface area contributed by atoms with Gasteiger partial charge in [0.2, 0.25) is 0 Å². The van der Waals surface area contributed by atoms with Gasteiger partial charge in [0, 0.05) is 33.2 Å². The minimum Gasteiger partial charge on any atom is -0.444 e. The normalized spacial score (nSPS) is 17.3. The summed E-state index contributed by atoms with van der Waals surface area (Å²) >= 11 is 0. The van der Waals surface area contributed by atoms with Gasteiger partial charge in [-0.15, -0.1) is 0 Å². The maximum Gasteiger partial charge on any atom is 0.410 e. The van der Waals surface area contributed by atoms with Crippen molar-refractivity contribution in [2.24, 2.45) is 16.8 Å². The molecule has 0 bridgehead atoms. The molecule has 1 aliphatic heterocycles. The molecular formula is C17H34N4O2. The van der Waals surface area contributed by atoms with Gasteiger partial charge in [-0.05, 0) is 45.4 Å². The predicted molar refractivity (Wildman–Crippen MR) is 94.7 cm³/mol. The molecule has 1 rings (SSSR count). The van der Waals surface area contributed by atoms with Gasteiger partial charge >= 0.3 is 6.09 Å². The first kappa shape index (κ1) is 19.6. The fraction of sp³-hybridized carbons (Fsp3) is 0.882. The van der Waals surface area contributed by atoms with Crippen LogP contribution in [0.3, 0.4) is 0 Å². The first-order valence-corrected chi connectivity index (χ1v) is 8.63. The van der Waals surface area contributed by atoms with Crippen molar-refractivity contribution in [2.45, 2.75) is 53.1 Å². The van der Waals surface area contributed by atoms with E-state index in [0.29, 0.717) is 11.8 Å². The van der Waals surface area contributed by atoms with Crippen LogP contribution in [0.4, 0.5) is 4.79 Å². The number of aliphatic imine (C=N–C) groups is 1. The maximum atomic E-state index is 12.0. The smallest absolute Gasteiger partial charge is 0.410 e. The van der Waals surface area contributed by atoms with Crippen LogP contribution in [-0.4, -0.2) is 55.8 Å². The first-order valence-electron chi connectivity index (χ1n) is 8.63. The fourth-order valence-electron chi connectivity index (χ4n) is 2.41. The molecule has 1 fully saturated rings. The number of amides is 1. The van der Waals surface area contributed by atoms with Gasteiger partial charge in [0.25, 0.3) is 0 Å². The zero-order chi connectivity index (χ0) is 17.5. The lowest BCUT2D eigenvalue weighted by molar-refractivity contribution is 0.0185. The number of piperidine rings is 1. The summed E-state index contributed by atoms with van der Waals surface area (Å²) in [6, 6.07) is 0. The Kier molecular flexibility index (Phi) is 7.65. The second-order valence-electron chi connectivity index (χ2n) is 7.64. The summed E-state index contributed by atoms with van der Waals surface area (Å²) in [6.07, 6.45) is 1.79. The molecule has 0 aromatic rings. The highest BCUT2D eigenvalue weighted by molar-refractivity contribution is 5.79. The number of likely N-dealkylation sites (tertiary alicyclic amines) is 1. The van der Waals surface area contributed by atoms with Gasteiger partial charge in [-0.1, -0.05) is 13.8 Å². The summed E-state index contributed by atoms with van der Waals surface area (Å²) in [7, 11) is 1.79. The third-order valence-corrected chi connectivity index (χ3v) is 3.73. The van der Waals surface area contributed by atoms with Gasteiger partial charge in [-0.2, -0.15) is 0 Å². The fourth-order valence-corrected chi connectivity index (χ4v) is 2.41. The van der Waals surface area contributed by atoms with E-state index in [2.05, 4.69) is 29.5 Å². The van der Waals surface area contributed by atoms with E-state index in [1.165, 1.54) is 0 Å². The van der Waals surface area contributed by atoms with E-state index >= 15 is 0 Å². The van der Waals surface area contributed by atoms with E-state index in [-0.39, 0.29) is 6.09 Å². The molecule has 0 spiro atoms. The summed E-state index contributed by atoms with van der Waals surface area (Å²) in [5.41, 5.74) is -0.427. The van der Waals surface area contributed by atoms with Gasteiger partial charge in [-0.3, -0.25) is 4.99 Å². The summed E-state index contributed by atoms with van der Waals surface area (Å²) in [5.74, 6) is 2.00. The molecule has 0 unspecified atom stereocenters. The number of guanidine groups is 1. The molecule has 134 valence electrons. The molecule has 23 heavy (non-hydrogen) atoms. The quantitative estimate of drug-likeness (QED) is 0.615. The molecule has 0 radical (unpaired) electrons. The lowest BCUT2D eigenvalue weighted by atomic mass is 9.97. The van der Waals surface area contributed by atoms with Crippen LogP contribution in [0.2, 0.25) is 0 Å². The summed E-state index contributed by atoms with van der Waals surface area (Å²) < 4.78 is 5.42. The molecule has 0 saturated carbocycles. The Hall–Kier alpha value is -1.46. The van der Waals surface area contributed by atoms with Crippen LogP contribution in [0.25, 0.3) is 0 Å². The number of hydrogen-bond acceptors (Lipinski definition) is 3. The molecule has 1 saturated heterocycles. The van der Waals surface area contributed by atoms with Crippen LogP contribution in [0, 0.1) is 11.8 Å². The van der Waals surface area contributed by atoms with Gasteiger partial charge in [0.1, 0.15) is 5.60 Å². The van der Waals surface area contributed by atoms with Crippen LogP contribution >= 0.6 is 0 Å². The average molecular weight is 326 g/mol. The molecule has 1 amide bonds. The molecule has 0 aromatic carbocycles. The zero-order valence-corrected chi connectivity index (χ0v) is 15.6. The Bertz CT molecular complexity index is 394. The Morgan fingerprint density at radius 1 is 1.26 bits per heavy atom. The summed E-state index contributed by atoms with van der Waals surface area (Å²) in [6.45, 7) is 13.4. The molecule has 1 aliphatic rings. The largest absolute Gasteiger partial charge is 0.444 e. The predicted octanol–water partition coefficient (Wildman–Crippen LogP) is 2.45. The Morgan fingerprint density at radius 3 is 2.35 bits per heavy atom. The summed E-state index contributed by atoms with van der Waals surface area (Å²) in [4.78, 5) is 18.1. The molecule has 0 aromatic heterocycles. The minimum atomic E-state index is -0.427. The molecule has 6 nitrogen and oxygen atoms in total. The SMILES string of the molecule is CN=C(NCC(C)C)NCC1CCN(C(=O)OC(C)(C)C)CC1. The van der Waals surface area contributed by atoms with Crippen molar-refractivity contribution in [3.05, 3.63) is 0 Å². The Morgan fingerprint density at radius 2 is 1.87 bits per heavy atom. The van der Waals surface area contributed by atoms with Gasteiger partial charge in [0.05, 0.1) is 0 Å². The number of nitrogens with one attached hydrogen (secondary N) is 2. The van der Waals surface area contributed by atoms with E-state index in [1.54, 1.807) is 7.05 Å². The Labute approximate surface area is 141 Å². The highest BCUT2D eigenvalue weighted by atomic mass is 16.6. The van der Waals surface area contributed by atoms with Crippen molar-refractivity contribution in [3.8, 4) is 0 Å². The topological polar surface area (TPSA) is 66.0 Å². The number of carbonyl (C=O) groups is 1. The molecule has 0 atom stereocenters. The summed E-state index contributed by atoms with van der Waals surface area (Å²) in [5, 5.41) is 6.70. The number of hydrogen-bond donors (Lipinski definition) is 2. The number of ether oxygens (including phenoxy) is 1. The molecule has 6 heteroatoms. The van der Waals surface area contributed by atoms with Crippen molar-refractivity contribution < 1.29 is 9.53 Å². The minimum absolute atomic E-state index is 0.196. The van der Waals surface area contributed by atoms with Crippen LogP contribution in [0.15, 0.2) is 4.99 Å². The van der Waals surface area contributed by atoms with Crippen molar-refractivity contribution in [1.29, 1.82) is 0 Å². The van der Waals surface area contributed by atoms with Crippen LogP contribution in [0.1, 0.15) is 47.5 Å². The lowest BCUT2D eigenvalue weighted by Crippen LogP contribution is -2.45. The highest BCUT2D eigenvalue weighted by Crippen LogP contribution is 2.19.